The van der Waals surface area contributed by atoms with Gasteiger partial charge in [-0.15, -0.1) is 0 Å². The van der Waals surface area contributed by atoms with Crippen molar-refractivity contribution in [2.75, 3.05) is 19.8 Å². The number of piperidine rings is 1. The number of amides is 3. The Labute approximate surface area is 281 Å². The van der Waals surface area contributed by atoms with Gasteiger partial charge in [0.05, 0.1) is 17.0 Å². The molecule has 6 rings (SSSR count). The molecule has 3 amide bonds. The molecule has 1 N–H and O–H groups in total. The van der Waals surface area contributed by atoms with Gasteiger partial charge in [-0.2, -0.15) is 10.2 Å². The maximum Gasteiger partial charge on any atom is 0.254 e. The summed E-state index contributed by atoms with van der Waals surface area (Å²) in [6.45, 7) is 10.1. The number of carbonyl (C=O) groups is 3. The van der Waals surface area contributed by atoms with Gasteiger partial charge in [0.25, 0.3) is 5.91 Å². The first-order chi connectivity index (χ1) is 23.0. The summed E-state index contributed by atoms with van der Waals surface area (Å²) in [7, 11) is 0. The van der Waals surface area contributed by atoms with Gasteiger partial charge in [0.15, 0.2) is 0 Å². The van der Waals surface area contributed by atoms with Gasteiger partial charge >= 0.3 is 0 Å². The van der Waals surface area contributed by atoms with E-state index < -0.39 is 17.8 Å². The molecule has 11 heteroatoms. The van der Waals surface area contributed by atoms with Gasteiger partial charge in [-0.3, -0.25) is 14.4 Å². The predicted octanol–water partition coefficient (Wildman–Crippen LogP) is 5.86. The fourth-order valence-electron chi connectivity index (χ4n) is 7.01. The quantitative estimate of drug-likeness (QED) is 0.307. The average molecular weight is 658 g/mol. The number of likely N-dealkylation sites (tertiary alicyclic amines) is 2. The number of rotatable bonds is 9. The normalized spacial score (nSPS) is 22.0. The molecular weight excluding hydrogens is 613 g/mol. The van der Waals surface area contributed by atoms with E-state index in [0.717, 1.165) is 29.8 Å². The van der Waals surface area contributed by atoms with Crippen molar-refractivity contribution >= 4 is 17.7 Å². The van der Waals surface area contributed by atoms with Crippen molar-refractivity contribution in [3.63, 3.8) is 0 Å². The number of nitrogens with zero attached hydrogens (tertiary/aromatic N) is 4. The molecule has 10 nitrogen and oxygen atoms in total. The minimum atomic E-state index is -0.715. The topological polar surface area (TPSA) is 114 Å². The van der Waals surface area contributed by atoms with Crippen molar-refractivity contribution in [1.82, 2.24) is 25.3 Å². The minimum absolute atomic E-state index is 0.00416. The molecule has 3 aliphatic rings. The Morgan fingerprint density at radius 2 is 1.77 bits per heavy atom. The van der Waals surface area contributed by atoms with Gasteiger partial charge in [0.2, 0.25) is 11.8 Å². The van der Waals surface area contributed by atoms with E-state index in [2.05, 4.69) is 29.4 Å². The largest absolute Gasteiger partial charge is 0.457 e. The van der Waals surface area contributed by atoms with Gasteiger partial charge < -0.3 is 24.6 Å². The molecule has 0 saturated carbocycles. The molecular formula is C37H44FN5O5. The van der Waals surface area contributed by atoms with Crippen LogP contribution < -0.4 is 10.1 Å². The summed E-state index contributed by atoms with van der Waals surface area (Å²) in [4.78, 5) is 43.0. The second kappa shape index (κ2) is 14.4. The molecule has 2 unspecified atom stereocenters. The summed E-state index contributed by atoms with van der Waals surface area (Å²) in [5.41, 5.74) is 2.77. The number of benzene rings is 2. The van der Waals surface area contributed by atoms with Crippen LogP contribution >= 0.6 is 0 Å². The second-order valence-corrected chi connectivity index (χ2v) is 13.8. The van der Waals surface area contributed by atoms with Gasteiger partial charge in [-0.25, -0.2) is 4.39 Å². The number of carbonyl (C=O) groups excluding carboxylic acids is 3. The summed E-state index contributed by atoms with van der Waals surface area (Å²) >= 11 is 0. The van der Waals surface area contributed by atoms with Gasteiger partial charge in [0.1, 0.15) is 17.3 Å². The molecule has 3 saturated heterocycles. The number of halogens is 1. The lowest BCUT2D eigenvalue weighted by molar-refractivity contribution is -0.142. The van der Waals surface area contributed by atoms with E-state index in [1.165, 1.54) is 12.1 Å². The molecule has 0 bridgehead atoms. The van der Waals surface area contributed by atoms with E-state index in [1.807, 2.05) is 43.0 Å². The van der Waals surface area contributed by atoms with Crippen molar-refractivity contribution in [1.29, 1.82) is 0 Å². The van der Waals surface area contributed by atoms with Crippen LogP contribution in [0.15, 0.2) is 48.5 Å². The fraction of sp³-hybridized carbons (Fsp3) is 0.486. The second-order valence-electron chi connectivity index (χ2n) is 13.8. The Hall–Kier alpha value is -4.38. The van der Waals surface area contributed by atoms with Gasteiger partial charge in [-0.05, 0) is 86.6 Å². The van der Waals surface area contributed by atoms with Gasteiger partial charge in [0, 0.05) is 68.4 Å². The molecule has 3 atom stereocenters. The third-order valence-corrected chi connectivity index (χ3v) is 9.55. The summed E-state index contributed by atoms with van der Waals surface area (Å²) in [5, 5.41) is 11.6. The highest BCUT2D eigenvalue weighted by molar-refractivity contribution is 5.95. The van der Waals surface area contributed by atoms with Crippen LogP contribution in [-0.4, -0.2) is 75.6 Å². The zero-order chi connectivity index (χ0) is 33.9. The molecule has 1 aromatic heterocycles. The Morgan fingerprint density at radius 1 is 1.02 bits per heavy atom. The first-order valence-electron chi connectivity index (χ1n) is 17.0. The zero-order valence-electron chi connectivity index (χ0n) is 28.1. The van der Waals surface area contributed by atoms with E-state index in [4.69, 9.17) is 9.47 Å². The third kappa shape index (κ3) is 7.51. The SMILES string of the molecule is CC(C)c1ccc(-c2ccc(Oc3cc(C(=O)NC4CC(=O)N(C5CCOCC5)C(C)C4)c(F)cc3CN3C[C@@H](C)CC3=O)cc2)nn1. The van der Waals surface area contributed by atoms with Crippen LogP contribution in [0.25, 0.3) is 11.3 Å². The molecule has 0 aliphatic carbocycles. The number of hydrogen-bond donors (Lipinski definition) is 1. The summed E-state index contributed by atoms with van der Waals surface area (Å²) < 4.78 is 27.4. The highest BCUT2D eigenvalue weighted by atomic mass is 19.1. The average Bonchev–Trinajstić information content (AvgIpc) is 3.38. The fourth-order valence-corrected chi connectivity index (χ4v) is 7.01. The van der Waals surface area contributed by atoms with Crippen LogP contribution in [0, 0.1) is 11.7 Å². The highest BCUT2D eigenvalue weighted by Gasteiger charge is 2.37. The lowest BCUT2D eigenvalue weighted by Gasteiger charge is -2.43. The minimum Gasteiger partial charge on any atom is -0.457 e. The Bertz CT molecular complexity index is 1640. The van der Waals surface area contributed by atoms with Crippen LogP contribution in [0.3, 0.4) is 0 Å². The first kappa shape index (κ1) is 33.5. The molecule has 2 aromatic carbocycles. The Morgan fingerprint density at radius 3 is 2.40 bits per heavy atom. The summed E-state index contributed by atoms with van der Waals surface area (Å²) in [6, 6.07) is 13.5. The molecule has 254 valence electrons. The lowest BCUT2D eigenvalue weighted by Crippen LogP contribution is -2.56. The monoisotopic (exact) mass is 657 g/mol. The van der Waals surface area contributed by atoms with E-state index in [9.17, 15) is 14.4 Å². The first-order valence-corrected chi connectivity index (χ1v) is 17.0. The standard InChI is InChI=1S/C37H44FN5O5/c1-22(2)32-9-10-33(41-40-32)25-5-7-29(8-6-25)48-34-19-30(31(38)17-26(34)21-42-20-23(3)15-35(42)44)37(46)39-27-16-24(4)43(36(45)18-27)28-11-13-47-14-12-28/h5-10,17,19,22-24,27-28H,11-16,18,20-21H2,1-4H3,(H,39,46)/t23-,24?,27?/m0/s1. The van der Waals surface area contributed by atoms with Crippen molar-refractivity contribution in [2.24, 2.45) is 5.92 Å². The highest BCUT2D eigenvalue weighted by Crippen LogP contribution is 2.33. The smallest absolute Gasteiger partial charge is 0.254 e. The van der Waals surface area contributed by atoms with Crippen molar-refractivity contribution < 1.29 is 28.2 Å². The number of ether oxygens (including phenoxy) is 2. The lowest BCUT2D eigenvalue weighted by atomic mass is 9.93. The van der Waals surface area contributed by atoms with Crippen LogP contribution in [0.1, 0.15) is 87.3 Å². The van der Waals surface area contributed by atoms with Crippen LogP contribution in [-0.2, 0) is 20.9 Å². The summed E-state index contributed by atoms with van der Waals surface area (Å²) in [6.07, 6.45) is 2.77. The maximum absolute atomic E-state index is 15.7. The summed E-state index contributed by atoms with van der Waals surface area (Å²) in [5.74, 6) is -0.113. The van der Waals surface area contributed by atoms with E-state index in [1.54, 1.807) is 17.0 Å². The number of hydrogen-bond acceptors (Lipinski definition) is 7. The number of nitrogens with one attached hydrogen (secondary N) is 1. The maximum atomic E-state index is 15.7. The van der Waals surface area contributed by atoms with Crippen molar-refractivity contribution in [2.45, 2.75) is 90.4 Å². The molecule has 3 aromatic rings. The van der Waals surface area contributed by atoms with Gasteiger partial charge in [-0.1, -0.05) is 20.8 Å². The molecule has 0 radical (unpaired) electrons. The number of aromatic nitrogens is 2. The third-order valence-electron chi connectivity index (χ3n) is 9.55. The van der Waals surface area contributed by atoms with Crippen LogP contribution in [0.2, 0.25) is 0 Å². The van der Waals surface area contributed by atoms with Crippen molar-refractivity contribution in [3.05, 3.63) is 71.2 Å². The van der Waals surface area contributed by atoms with Crippen molar-refractivity contribution in [3.8, 4) is 22.8 Å². The zero-order valence-corrected chi connectivity index (χ0v) is 28.1. The molecule has 3 fully saturated rings. The van der Waals surface area contributed by atoms with Crippen LogP contribution in [0.5, 0.6) is 11.5 Å². The molecule has 3 aliphatic heterocycles. The van der Waals surface area contributed by atoms with Crippen LogP contribution in [0.4, 0.5) is 4.39 Å². The van der Waals surface area contributed by atoms with E-state index >= 15 is 4.39 Å². The Balaban J connectivity index is 1.21. The molecule has 4 heterocycles. The molecule has 0 spiro atoms. The predicted molar refractivity (Wildman–Crippen MR) is 178 cm³/mol. The van der Waals surface area contributed by atoms with E-state index in [0.29, 0.717) is 43.9 Å². The Kier molecular flexibility index (Phi) is 10.1. The molecule has 48 heavy (non-hydrogen) atoms. The van der Waals surface area contributed by atoms with E-state index in [-0.39, 0.29) is 60.0 Å².